The first-order valence-corrected chi connectivity index (χ1v) is 13.6. The van der Waals surface area contributed by atoms with Crippen LogP contribution in [0.2, 0.25) is 15.1 Å². The van der Waals surface area contributed by atoms with Gasteiger partial charge in [0.25, 0.3) is 10.0 Å². The third-order valence-corrected chi connectivity index (χ3v) is 7.59. The first kappa shape index (κ1) is 27.2. The molecule has 0 fully saturated rings. The molecule has 0 unspecified atom stereocenters. The molecule has 4 rings (SSSR count). The summed E-state index contributed by atoms with van der Waals surface area (Å²) in [6.45, 7) is 1.56. The molecule has 0 aliphatic heterocycles. The Bertz CT molecular complexity index is 1570. The maximum absolute atomic E-state index is 13.1. The van der Waals surface area contributed by atoms with Crippen LogP contribution in [0.25, 0.3) is 22.0 Å². The van der Waals surface area contributed by atoms with Gasteiger partial charge in [-0.2, -0.15) is 0 Å². The minimum atomic E-state index is -4.14. The summed E-state index contributed by atoms with van der Waals surface area (Å²) >= 11 is 19.1. The van der Waals surface area contributed by atoms with Crippen molar-refractivity contribution in [3.8, 4) is 17.0 Å². The average molecular weight is 582 g/mol. The molecule has 9 nitrogen and oxygen atoms in total. The Morgan fingerprint density at radius 1 is 1.03 bits per heavy atom. The van der Waals surface area contributed by atoms with Gasteiger partial charge in [0.1, 0.15) is 0 Å². The molecule has 0 saturated heterocycles. The quantitative estimate of drug-likeness (QED) is 0.269. The zero-order chi connectivity index (χ0) is 26.7. The second-order valence-corrected chi connectivity index (χ2v) is 11.1. The van der Waals surface area contributed by atoms with E-state index in [0.717, 1.165) is 17.4 Å². The van der Waals surface area contributed by atoms with Gasteiger partial charge >= 0.3 is 0 Å². The summed E-state index contributed by atoms with van der Waals surface area (Å²) in [6, 6.07) is 9.77. The van der Waals surface area contributed by atoms with Gasteiger partial charge in [-0.15, -0.1) is 0 Å². The second-order valence-electron chi connectivity index (χ2n) is 8.25. The molecule has 13 heteroatoms. The van der Waals surface area contributed by atoms with Crippen LogP contribution in [0, 0.1) is 0 Å². The smallest absolute Gasteiger partial charge is 0.267 e. The fraction of sp³-hybridized carbons (Fsp3) is 0.208. The van der Waals surface area contributed by atoms with Crippen LogP contribution in [0.3, 0.4) is 0 Å². The maximum atomic E-state index is 13.1. The van der Waals surface area contributed by atoms with Gasteiger partial charge in [0.15, 0.2) is 4.90 Å². The van der Waals surface area contributed by atoms with Crippen molar-refractivity contribution in [3.63, 3.8) is 0 Å². The number of hydrogen-bond acceptors (Lipinski definition) is 8. The summed E-state index contributed by atoms with van der Waals surface area (Å²) in [5.74, 6) is 0.424. The number of nitrogens with zero attached hydrogens (tertiary/aromatic N) is 4. The highest BCUT2D eigenvalue weighted by Gasteiger charge is 2.24. The lowest BCUT2D eigenvalue weighted by molar-refractivity contribution is 0.385. The lowest BCUT2D eigenvalue weighted by Crippen LogP contribution is -2.21. The van der Waals surface area contributed by atoms with Gasteiger partial charge in [-0.05, 0) is 50.0 Å². The van der Waals surface area contributed by atoms with Crippen molar-refractivity contribution in [2.24, 2.45) is 0 Å². The highest BCUT2D eigenvalue weighted by molar-refractivity contribution is 7.92. The zero-order valence-corrected chi connectivity index (χ0v) is 23.2. The van der Waals surface area contributed by atoms with Crippen molar-refractivity contribution in [2.75, 3.05) is 44.3 Å². The Balaban J connectivity index is 1.67. The summed E-state index contributed by atoms with van der Waals surface area (Å²) in [5.41, 5.74) is 1.98. The molecule has 0 saturated carbocycles. The third kappa shape index (κ3) is 6.16. The lowest BCUT2D eigenvalue weighted by atomic mass is 10.0. The van der Waals surface area contributed by atoms with Crippen LogP contribution < -0.4 is 14.8 Å². The van der Waals surface area contributed by atoms with Crippen LogP contribution in [0.5, 0.6) is 5.88 Å². The van der Waals surface area contributed by atoms with Crippen molar-refractivity contribution in [3.05, 3.63) is 63.9 Å². The van der Waals surface area contributed by atoms with E-state index >= 15 is 0 Å². The standard InChI is InChI=1S/C24H23Cl3N6O3S/c1-33(2)9-8-28-24-30-12-15-10-14(4-6-18(15)31-24)21-17(26)5-7-19(22(21)27)32-37(34,35)20-11-16(25)13-29-23(20)36-3/h4-7,10-13,32H,8-9H2,1-3H3,(H,28,30,31). The summed E-state index contributed by atoms with van der Waals surface area (Å²) in [7, 11) is 1.15. The normalized spacial score (nSPS) is 11.6. The SMILES string of the molecule is COc1ncc(Cl)cc1S(=O)(=O)Nc1ccc(Cl)c(-c2ccc3nc(NCCN(C)C)ncc3c2)c1Cl. The molecule has 2 N–H and O–H groups in total. The molecule has 194 valence electrons. The monoisotopic (exact) mass is 580 g/mol. The number of ether oxygens (including phenoxy) is 1. The maximum Gasteiger partial charge on any atom is 0.267 e. The van der Waals surface area contributed by atoms with Crippen LogP contribution in [-0.4, -0.2) is 62.6 Å². The average Bonchev–Trinajstić information content (AvgIpc) is 2.85. The van der Waals surface area contributed by atoms with Gasteiger partial charge in [-0.3, -0.25) is 4.72 Å². The van der Waals surface area contributed by atoms with Gasteiger partial charge in [0, 0.05) is 36.4 Å². The van der Waals surface area contributed by atoms with Gasteiger partial charge in [-0.1, -0.05) is 40.9 Å². The number of hydrogen-bond donors (Lipinski definition) is 2. The Morgan fingerprint density at radius 3 is 2.54 bits per heavy atom. The highest BCUT2D eigenvalue weighted by Crippen LogP contribution is 2.41. The molecule has 2 heterocycles. The van der Waals surface area contributed by atoms with Gasteiger partial charge < -0.3 is 15.0 Å². The molecule has 0 amide bonds. The van der Waals surface area contributed by atoms with Crippen molar-refractivity contribution in [1.82, 2.24) is 19.9 Å². The largest absolute Gasteiger partial charge is 0.480 e. The van der Waals surface area contributed by atoms with E-state index in [9.17, 15) is 8.42 Å². The molecule has 2 aromatic heterocycles. The van der Waals surface area contributed by atoms with E-state index in [4.69, 9.17) is 39.5 Å². The number of likely N-dealkylation sites (N-methyl/N-ethyl adjacent to an activating group) is 1. The first-order chi connectivity index (χ1) is 17.6. The van der Waals surface area contributed by atoms with E-state index in [-0.39, 0.29) is 26.5 Å². The molecule has 0 bridgehead atoms. The number of rotatable bonds is 9. The van der Waals surface area contributed by atoms with Crippen molar-refractivity contribution in [2.45, 2.75) is 4.90 Å². The summed E-state index contributed by atoms with van der Waals surface area (Å²) < 4.78 is 33.8. The number of sulfonamides is 1. The number of aromatic nitrogens is 3. The fourth-order valence-electron chi connectivity index (χ4n) is 3.52. The number of halogens is 3. The zero-order valence-electron chi connectivity index (χ0n) is 20.1. The topological polar surface area (TPSA) is 109 Å². The van der Waals surface area contributed by atoms with E-state index in [1.54, 1.807) is 12.3 Å². The number of anilines is 2. The molecule has 0 radical (unpaired) electrons. The van der Waals surface area contributed by atoms with Crippen LogP contribution >= 0.6 is 34.8 Å². The van der Waals surface area contributed by atoms with E-state index in [0.29, 0.717) is 28.6 Å². The Kier molecular flexibility index (Phi) is 8.25. The first-order valence-electron chi connectivity index (χ1n) is 10.9. The van der Waals surface area contributed by atoms with Gasteiger partial charge in [0.05, 0.1) is 33.4 Å². The van der Waals surface area contributed by atoms with E-state index < -0.39 is 10.0 Å². The molecule has 37 heavy (non-hydrogen) atoms. The van der Waals surface area contributed by atoms with Crippen LogP contribution in [-0.2, 0) is 10.0 Å². The predicted molar refractivity (Wildman–Crippen MR) is 149 cm³/mol. The fourth-order valence-corrected chi connectivity index (χ4v) is 5.65. The van der Waals surface area contributed by atoms with Gasteiger partial charge in [0.2, 0.25) is 11.8 Å². The van der Waals surface area contributed by atoms with Crippen molar-refractivity contribution < 1.29 is 13.2 Å². The Labute approximate surface area is 229 Å². The number of methoxy groups -OCH3 is 1. The van der Waals surface area contributed by atoms with Gasteiger partial charge in [-0.25, -0.2) is 23.4 Å². The number of benzene rings is 2. The molecule has 2 aromatic carbocycles. The summed E-state index contributed by atoms with van der Waals surface area (Å²) in [5, 5.41) is 4.56. The van der Waals surface area contributed by atoms with Crippen molar-refractivity contribution >= 4 is 67.4 Å². The molecule has 0 aliphatic rings. The predicted octanol–water partition coefficient (Wildman–Crippen LogP) is 5.43. The number of nitrogens with one attached hydrogen (secondary N) is 2. The Hall–Kier alpha value is -2.89. The summed E-state index contributed by atoms with van der Waals surface area (Å²) in [4.78, 5) is 14.7. The minimum absolute atomic E-state index is 0.104. The molecule has 0 spiro atoms. The highest BCUT2D eigenvalue weighted by atomic mass is 35.5. The lowest BCUT2D eigenvalue weighted by Gasteiger charge is -2.15. The van der Waals surface area contributed by atoms with E-state index in [1.807, 2.05) is 32.3 Å². The second kappa shape index (κ2) is 11.2. The third-order valence-electron chi connectivity index (χ3n) is 5.31. The molecular weight excluding hydrogens is 559 g/mol. The van der Waals surface area contributed by atoms with E-state index in [1.165, 1.54) is 25.4 Å². The summed E-state index contributed by atoms with van der Waals surface area (Å²) in [6.07, 6.45) is 3.00. The number of fused-ring (bicyclic) bond motifs is 1. The molecular formula is C24H23Cl3N6O3S. The minimum Gasteiger partial charge on any atom is -0.480 e. The van der Waals surface area contributed by atoms with Crippen LogP contribution in [0.4, 0.5) is 11.6 Å². The van der Waals surface area contributed by atoms with Crippen LogP contribution in [0.1, 0.15) is 0 Å². The molecule has 4 aromatic rings. The Morgan fingerprint density at radius 2 is 1.81 bits per heavy atom. The molecule has 0 aliphatic carbocycles. The van der Waals surface area contributed by atoms with Crippen molar-refractivity contribution in [1.29, 1.82) is 0 Å². The molecule has 0 atom stereocenters. The number of pyridine rings is 1. The van der Waals surface area contributed by atoms with E-state index in [2.05, 4.69) is 29.9 Å². The van der Waals surface area contributed by atoms with Crippen LogP contribution in [0.15, 0.2) is 53.7 Å².